The molecule has 3 aliphatic rings. The number of methoxy groups -OCH3 is 1. The van der Waals surface area contributed by atoms with Crippen molar-refractivity contribution < 1.29 is 33.7 Å². The predicted molar refractivity (Wildman–Crippen MR) is 151 cm³/mol. The molecular formula is C31H42N2O7. The molecule has 2 unspecified atom stereocenters. The van der Waals surface area contributed by atoms with Crippen molar-refractivity contribution in [1.29, 1.82) is 0 Å². The Balaban J connectivity index is 1.82. The SMILES string of the molecule is C=CCCOC(=O)[C@@H]1[C@H]2C(=O)N([C@@H](CO)[C@@H](C)CC)C(C(=O)N(CC=C)c3ccc(OC)cc3)C23CC[C@@]1(C)O3. The zero-order chi connectivity index (χ0) is 29.2. The van der Waals surface area contributed by atoms with Gasteiger partial charge in [-0.1, -0.05) is 32.4 Å². The zero-order valence-corrected chi connectivity index (χ0v) is 24.0. The molecule has 0 aliphatic carbocycles. The monoisotopic (exact) mass is 554 g/mol. The highest BCUT2D eigenvalue weighted by Gasteiger charge is 2.79. The number of amides is 2. The molecular weight excluding hydrogens is 512 g/mol. The molecule has 218 valence electrons. The summed E-state index contributed by atoms with van der Waals surface area (Å²) in [4.78, 5) is 45.6. The van der Waals surface area contributed by atoms with Gasteiger partial charge in [0, 0.05) is 12.2 Å². The molecule has 0 saturated carbocycles. The number of anilines is 1. The van der Waals surface area contributed by atoms with Gasteiger partial charge in [-0.2, -0.15) is 0 Å². The molecule has 3 heterocycles. The fourth-order valence-electron chi connectivity index (χ4n) is 6.87. The first-order valence-electron chi connectivity index (χ1n) is 14.1. The van der Waals surface area contributed by atoms with E-state index in [0.717, 1.165) is 0 Å². The molecule has 2 bridgehead atoms. The largest absolute Gasteiger partial charge is 0.497 e. The molecule has 3 saturated heterocycles. The van der Waals surface area contributed by atoms with Crippen molar-refractivity contribution in [3.8, 4) is 5.75 Å². The normalized spacial score (nSPS) is 30.0. The summed E-state index contributed by atoms with van der Waals surface area (Å²) in [5.74, 6) is -2.39. The fourth-order valence-corrected chi connectivity index (χ4v) is 6.87. The Bertz CT molecular complexity index is 1140. The number of fused-ring (bicyclic) bond motifs is 1. The minimum Gasteiger partial charge on any atom is -0.497 e. The Morgan fingerprint density at radius 3 is 2.52 bits per heavy atom. The van der Waals surface area contributed by atoms with Gasteiger partial charge in [0.2, 0.25) is 5.91 Å². The predicted octanol–water partition coefficient (Wildman–Crippen LogP) is 3.51. The van der Waals surface area contributed by atoms with Crippen molar-refractivity contribution in [3.05, 3.63) is 49.6 Å². The molecule has 0 aromatic heterocycles. The Hall–Kier alpha value is -3.17. The number of likely N-dealkylation sites (tertiary alicyclic amines) is 1. The van der Waals surface area contributed by atoms with Crippen LogP contribution in [0.15, 0.2) is 49.6 Å². The lowest BCUT2D eigenvalue weighted by atomic mass is 9.66. The van der Waals surface area contributed by atoms with E-state index in [1.807, 2.05) is 20.8 Å². The number of ether oxygens (including phenoxy) is 3. The van der Waals surface area contributed by atoms with Gasteiger partial charge in [-0.25, -0.2) is 0 Å². The van der Waals surface area contributed by atoms with Crippen molar-refractivity contribution in [2.45, 2.75) is 69.7 Å². The van der Waals surface area contributed by atoms with Crippen LogP contribution in [0.4, 0.5) is 5.69 Å². The molecule has 3 fully saturated rings. The molecule has 4 rings (SSSR count). The number of carbonyl (C=O) groups excluding carboxylic acids is 3. The van der Waals surface area contributed by atoms with Crippen molar-refractivity contribution >= 4 is 23.5 Å². The zero-order valence-electron chi connectivity index (χ0n) is 24.0. The van der Waals surface area contributed by atoms with Crippen molar-refractivity contribution in [2.24, 2.45) is 17.8 Å². The number of aliphatic hydroxyl groups is 1. The molecule has 1 N–H and O–H groups in total. The van der Waals surface area contributed by atoms with Crippen LogP contribution in [-0.2, 0) is 23.9 Å². The number of aliphatic hydroxyl groups excluding tert-OH is 1. The lowest BCUT2D eigenvalue weighted by Gasteiger charge is -2.41. The van der Waals surface area contributed by atoms with Gasteiger partial charge >= 0.3 is 5.97 Å². The van der Waals surface area contributed by atoms with Crippen LogP contribution in [0.3, 0.4) is 0 Å². The van der Waals surface area contributed by atoms with Crippen molar-refractivity contribution in [1.82, 2.24) is 4.90 Å². The Labute approximate surface area is 236 Å². The van der Waals surface area contributed by atoms with Crippen LogP contribution in [0.1, 0.15) is 46.5 Å². The third-order valence-electron chi connectivity index (χ3n) is 9.08. The van der Waals surface area contributed by atoms with Gasteiger partial charge in [-0.15, -0.1) is 13.2 Å². The Morgan fingerprint density at radius 2 is 1.95 bits per heavy atom. The lowest BCUT2D eigenvalue weighted by Crippen LogP contribution is -2.60. The second-order valence-corrected chi connectivity index (χ2v) is 11.3. The summed E-state index contributed by atoms with van der Waals surface area (Å²) in [7, 11) is 1.57. The van der Waals surface area contributed by atoms with Gasteiger partial charge in [0.25, 0.3) is 5.91 Å². The van der Waals surface area contributed by atoms with E-state index in [0.29, 0.717) is 37.1 Å². The molecule has 9 heteroatoms. The molecule has 9 nitrogen and oxygen atoms in total. The maximum atomic E-state index is 14.7. The highest BCUT2D eigenvalue weighted by Crippen LogP contribution is 2.64. The molecule has 1 aromatic rings. The maximum Gasteiger partial charge on any atom is 0.312 e. The summed E-state index contributed by atoms with van der Waals surface area (Å²) in [5.41, 5.74) is -1.55. The quantitative estimate of drug-likeness (QED) is 0.226. The first-order chi connectivity index (χ1) is 19.1. The average Bonchev–Trinajstić information content (AvgIpc) is 3.52. The summed E-state index contributed by atoms with van der Waals surface area (Å²) < 4.78 is 17.6. The van der Waals surface area contributed by atoms with Gasteiger partial charge in [-0.3, -0.25) is 14.4 Å². The van der Waals surface area contributed by atoms with Gasteiger partial charge in [0.1, 0.15) is 23.3 Å². The molecule has 40 heavy (non-hydrogen) atoms. The Morgan fingerprint density at radius 1 is 1.25 bits per heavy atom. The van der Waals surface area contributed by atoms with Crippen LogP contribution in [0, 0.1) is 17.8 Å². The van der Waals surface area contributed by atoms with E-state index >= 15 is 0 Å². The minimum atomic E-state index is -1.22. The molecule has 3 aliphatic heterocycles. The smallest absolute Gasteiger partial charge is 0.312 e. The molecule has 0 radical (unpaired) electrons. The van der Waals surface area contributed by atoms with E-state index in [4.69, 9.17) is 14.2 Å². The molecule has 7 atom stereocenters. The van der Waals surface area contributed by atoms with Crippen LogP contribution in [0.25, 0.3) is 0 Å². The Kier molecular flexibility index (Phi) is 8.75. The minimum absolute atomic E-state index is 0.0981. The van der Waals surface area contributed by atoms with E-state index in [-0.39, 0.29) is 37.5 Å². The fraction of sp³-hybridized carbons (Fsp3) is 0.581. The first-order valence-corrected chi connectivity index (χ1v) is 14.1. The van der Waals surface area contributed by atoms with Gasteiger partial charge < -0.3 is 29.1 Å². The number of benzene rings is 1. The third-order valence-corrected chi connectivity index (χ3v) is 9.08. The van der Waals surface area contributed by atoms with Crippen LogP contribution < -0.4 is 9.64 Å². The molecule has 1 spiro atoms. The van der Waals surface area contributed by atoms with Crippen LogP contribution in [0.5, 0.6) is 5.75 Å². The first kappa shape index (κ1) is 29.8. The molecule has 1 aromatic carbocycles. The van der Waals surface area contributed by atoms with Crippen molar-refractivity contribution in [2.75, 3.05) is 31.8 Å². The van der Waals surface area contributed by atoms with E-state index < -0.39 is 41.1 Å². The summed E-state index contributed by atoms with van der Waals surface area (Å²) >= 11 is 0. The second-order valence-electron chi connectivity index (χ2n) is 11.3. The highest BCUT2D eigenvalue weighted by molar-refractivity contribution is 6.05. The second kappa shape index (κ2) is 11.7. The standard InChI is InChI=1S/C31H42N2O7/c1-7-10-18-39-29(37)25-24-27(35)33(23(19-34)20(4)9-3)26(31(24)16-15-30(25,5)40-31)28(36)32(17-8-2)21-11-13-22(38-6)14-12-21/h7-8,11-14,20,23-26,34H,1-2,9-10,15-19H2,3-6H3/t20-,23-,24-,25-,26?,30+,31?/m0/s1. The van der Waals surface area contributed by atoms with Crippen molar-refractivity contribution in [3.63, 3.8) is 0 Å². The number of nitrogens with zero attached hydrogens (tertiary/aromatic N) is 2. The highest BCUT2D eigenvalue weighted by atomic mass is 16.6. The average molecular weight is 555 g/mol. The topological polar surface area (TPSA) is 106 Å². The summed E-state index contributed by atoms with van der Waals surface area (Å²) in [6, 6.07) is 5.43. The maximum absolute atomic E-state index is 14.7. The number of esters is 1. The summed E-state index contributed by atoms with van der Waals surface area (Å²) in [6.07, 6.45) is 5.42. The van der Waals surface area contributed by atoms with Gasteiger partial charge in [0.05, 0.1) is 37.9 Å². The number of carbonyl (C=O) groups is 3. The summed E-state index contributed by atoms with van der Waals surface area (Å²) in [6.45, 7) is 13.3. The van der Waals surface area contributed by atoms with E-state index in [1.165, 1.54) is 4.90 Å². The van der Waals surface area contributed by atoms with Crippen LogP contribution in [-0.4, -0.2) is 77.9 Å². The number of hydrogen-bond acceptors (Lipinski definition) is 7. The molecule has 2 amide bonds. The number of hydrogen-bond donors (Lipinski definition) is 1. The van der Waals surface area contributed by atoms with Crippen LogP contribution >= 0.6 is 0 Å². The summed E-state index contributed by atoms with van der Waals surface area (Å²) in [5, 5.41) is 10.5. The third kappa shape index (κ3) is 4.73. The van der Waals surface area contributed by atoms with Crippen LogP contribution in [0.2, 0.25) is 0 Å². The van der Waals surface area contributed by atoms with E-state index in [2.05, 4.69) is 13.2 Å². The van der Waals surface area contributed by atoms with Gasteiger partial charge in [-0.05, 0) is 56.4 Å². The number of rotatable bonds is 13. The van der Waals surface area contributed by atoms with Gasteiger partial charge in [0.15, 0.2) is 0 Å². The lowest BCUT2D eigenvalue weighted by molar-refractivity contribution is -0.160. The van der Waals surface area contributed by atoms with E-state index in [1.54, 1.807) is 48.4 Å². The van der Waals surface area contributed by atoms with E-state index in [9.17, 15) is 19.5 Å².